The number of nitrogens with zero attached hydrogens (tertiary/aromatic N) is 2. The molecule has 1 heterocycles. The first-order chi connectivity index (χ1) is 15.1. The number of rotatable bonds is 8. The number of carbonyl (C=O) groups excluding carboxylic acids is 1. The van der Waals surface area contributed by atoms with E-state index >= 15 is 0 Å². The molecular weight excluding hydrogens is 380 g/mol. The molecule has 31 heavy (non-hydrogen) atoms. The van der Waals surface area contributed by atoms with Gasteiger partial charge < -0.3 is 4.57 Å². The first-order valence-corrected chi connectivity index (χ1v) is 10.9. The second-order valence-electron chi connectivity index (χ2n) is 8.33. The van der Waals surface area contributed by atoms with Crippen LogP contribution in [0.5, 0.6) is 0 Å². The van der Waals surface area contributed by atoms with Gasteiger partial charge in [-0.05, 0) is 29.0 Å². The molecule has 0 aliphatic heterocycles. The van der Waals surface area contributed by atoms with Gasteiger partial charge >= 0.3 is 0 Å². The summed E-state index contributed by atoms with van der Waals surface area (Å²) < 4.78 is 2.09. The highest BCUT2D eigenvalue weighted by Crippen LogP contribution is 2.40. The zero-order valence-electron chi connectivity index (χ0n) is 18.1. The maximum absolute atomic E-state index is 12.8. The summed E-state index contributed by atoms with van der Waals surface area (Å²) >= 11 is 0. The van der Waals surface area contributed by atoms with E-state index in [4.69, 9.17) is 0 Å². The molecular formula is C28H28N2O. The first-order valence-electron chi connectivity index (χ1n) is 10.9. The van der Waals surface area contributed by atoms with Gasteiger partial charge in [-0.2, -0.15) is 0 Å². The zero-order chi connectivity index (χ0) is 21.7. The van der Waals surface area contributed by atoms with Crippen LogP contribution in [0.15, 0.2) is 104 Å². The van der Waals surface area contributed by atoms with Crippen LogP contribution in [-0.4, -0.2) is 15.3 Å². The molecule has 0 saturated heterocycles. The van der Waals surface area contributed by atoms with Crippen molar-refractivity contribution in [3.8, 4) is 0 Å². The van der Waals surface area contributed by atoms with Gasteiger partial charge in [0.2, 0.25) is 0 Å². The molecule has 0 saturated carbocycles. The minimum atomic E-state index is -0.632. The second-order valence-corrected chi connectivity index (χ2v) is 8.33. The lowest BCUT2D eigenvalue weighted by Crippen LogP contribution is -2.37. The summed E-state index contributed by atoms with van der Waals surface area (Å²) in [6.45, 7) is 4.27. The average Bonchev–Trinajstić information content (AvgIpc) is 3.31. The van der Waals surface area contributed by atoms with Gasteiger partial charge in [0.15, 0.2) is 5.78 Å². The van der Waals surface area contributed by atoms with Gasteiger partial charge in [0.25, 0.3) is 0 Å². The standard InChI is InChI=1S/C28H28N2O/c1-22(2)18-19-27(31)26-20-30(21-29-26)28(23-12-6-3-7-13-23,24-14-8-4-9-15-24)25-16-10-5-11-17-25/h3-17,20-22H,18-19H2,1-2H3. The number of hydrogen-bond acceptors (Lipinski definition) is 2. The van der Waals surface area contributed by atoms with Gasteiger partial charge in [-0.1, -0.05) is 105 Å². The Morgan fingerprint density at radius 1 is 0.806 bits per heavy atom. The Labute approximate surface area is 184 Å². The third-order valence-corrected chi connectivity index (χ3v) is 5.78. The normalized spacial score (nSPS) is 11.6. The summed E-state index contributed by atoms with van der Waals surface area (Å²) in [7, 11) is 0. The maximum atomic E-state index is 12.8. The molecule has 0 aliphatic carbocycles. The van der Waals surface area contributed by atoms with Crippen LogP contribution < -0.4 is 0 Å². The number of aromatic nitrogens is 2. The van der Waals surface area contributed by atoms with E-state index in [-0.39, 0.29) is 5.78 Å². The molecule has 156 valence electrons. The number of benzene rings is 3. The number of ketones is 1. The lowest BCUT2D eigenvalue weighted by atomic mass is 9.77. The molecule has 0 atom stereocenters. The largest absolute Gasteiger partial charge is 0.318 e. The molecule has 4 aromatic rings. The molecule has 0 spiro atoms. The predicted octanol–water partition coefficient (Wildman–Crippen LogP) is 6.34. The Morgan fingerprint density at radius 2 is 1.26 bits per heavy atom. The fourth-order valence-electron chi connectivity index (χ4n) is 4.18. The van der Waals surface area contributed by atoms with Gasteiger partial charge in [0.1, 0.15) is 11.2 Å². The van der Waals surface area contributed by atoms with Crippen LogP contribution in [0, 0.1) is 5.92 Å². The predicted molar refractivity (Wildman–Crippen MR) is 125 cm³/mol. The minimum Gasteiger partial charge on any atom is -0.318 e. The van der Waals surface area contributed by atoms with Crippen molar-refractivity contribution in [1.82, 2.24) is 9.55 Å². The van der Waals surface area contributed by atoms with Gasteiger partial charge in [-0.15, -0.1) is 0 Å². The van der Waals surface area contributed by atoms with E-state index in [0.29, 0.717) is 18.0 Å². The van der Waals surface area contributed by atoms with Gasteiger partial charge in [0, 0.05) is 12.6 Å². The van der Waals surface area contributed by atoms with Crippen molar-refractivity contribution < 1.29 is 4.79 Å². The highest BCUT2D eigenvalue weighted by Gasteiger charge is 2.38. The summed E-state index contributed by atoms with van der Waals surface area (Å²) in [4.78, 5) is 17.4. The Hall–Kier alpha value is -3.46. The van der Waals surface area contributed by atoms with Crippen LogP contribution >= 0.6 is 0 Å². The fourth-order valence-corrected chi connectivity index (χ4v) is 4.18. The van der Waals surface area contributed by atoms with E-state index in [1.54, 1.807) is 6.33 Å². The zero-order valence-corrected chi connectivity index (χ0v) is 18.1. The van der Waals surface area contributed by atoms with Gasteiger partial charge in [0.05, 0.1) is 6.33 Å². The van der Waals surface area contributed by atoms with Crippen LogP contribution in [0.3, 0.4) is 0 Å². The maximum Gasteiger partial charge on any atom is 0.182 e. The highest BCUT2D eigenvalue weighted by atomic mass is 16.1. The summed E-state index contributed by atoms with van der Waals surface area (Å²) in [5.74, 6) is 0.582. The molecule has 0 amide bonds. The van der Waals surface area contributed by atoms with Crippen molar-refractivity contribution in [3.63, 3.8) is 0 Å². The molecule has 4 rings (SSSR count). The second kappa shape index (κ2) is 9.13. The summed E-state index contributed by atoms with van der Waals surface area (Å²) in [6.07, 6.45) is 5.10. The van der Waals surface area contributed by atoms with Crippen molar-refractivity contribution in [2.45, 2.75) is 32.2 Å². The molecule has 0 N–H and O–H groups in total. The smallest absolute Gasteiger partial charge is 0.182 e. The van der Waals surface area contributed by atoms with E-state index in [1.807, 2.05) is 24.4 Å². The molecule has 3 nitrogen and oxygen atoms in total. The molecule has 3 heteroatoms. The average molecular weight is 409 g/mol. The minimum absolute atomic E-state index is 0.0931. The van der Waals surface area contributed by atoms with Crippen molar-refractivity contribution in [2.24, 2.45) is 5.92 Å². The Kier molecular flexibility index (Phi) is 6.13. The lowest BCUT2D eigenvalue weighted by molar-refractivity contribution is 0.0971. The van der Waals surface area contributed by atoms with Gasteiger partial charge in [-0.25, -0.2) is 4.98 Å². The number of imidazole rings is 1. The Balaban J connectivity index is 1.93. The van der Waals surface area contributed by atoms with E-state index < -0.39 is 5.54 Å². The molecule has 1 aromatic heterocycles. The topological polar surface area (TPSA) is 34.9 Å². The van der Waals surface area contributed by atoms with Crippen molar-refractivity contribution in [3.05, 3.63) is 126 Å². The van der Waals surface area contributed by atoms with E-state index in [9.17, 15) is 4.79 Å². The molecule has 0 radical (unpaired) electrons. The quantitative estimate of drug-likeness (QED) is 0.252. The monoisotopic (exact) mass is 408 g/mol. The van der Waals surface area contributed by atoms with Crippen LogP contribution in [0.25, 0.3) is 0 Å². The third-order valence-electron chi connectivity index (χ3n) is 5.78. The molecule has 3 aromatic carbocycles. The van der Waals surface area contributed by atoms with Crippen molar-refractivity contribution >= 4 is 5.78 Å². The summed E-state index contributed by atoms with van der Waals surface area (Å²) in [5, 5.41) is 0. The fraction of sp³-hybridized carbons (Fsp3) is 0.214. The summed E-state index contributed by atoms with van der Waals surface area (Å²) in [6, 6.07) is 31.3. The van der Waals surface area contributed by atoms with E-state index in [0.717, 1.165) is 23.1 Å². The third kappa shape index (κ3) is 4.09. The Bertz CT molecular complexity index is 1020. The van der Waals surface area contributed by atoms with Gasteiger partial charge in [-0.3, -0.25) is 4.79 Å². The molecule has 0 bridgehead atoms. The lowest BCUT2D eigenvalue weighted by Gasteiger charge is -2.37. The molecule has 0 aliphatic rings. The summed E-state index contributed by atoms with van der Waals surface area (Å²) in [5.41, 5.74) is 3.24. The Morgan fingerprint density at radius 3 is 1.68 bits per heavy atom. The van der Waals surface area contributed by atoms with E-state index in [1.165, 1.54) is 0 Å². The molecule has 0 unspecified atom stereocenters. The SMILES string of the molecule is CC(C)CCC(=O)c1cn(C(c2ccccc2)(c2ccccc2)c2ccccc2)cn1. The first kappa shape index (κ1) is 20.8. The highest BCUT2D eigenvalue weighted by molar-refractivity contribution is 5.94. The van der Waals surface area contributed by atoms with Crippen LogP contribution in [0.4, 0.5) is 0 Å². The number of hydrogen-bond donors (Lipinski definition) is 0. The van der Waals surface area contributed by atoms with Crippen LogP contribution in [0.2, 0.25) is 0 Å². The molecule has 0 fully saturated rings. The number of carbonyl (C=O) groups is 1. The number of Topliss-reactive ketones (excluding diaryl/α,β-unsaturated/α-hetero) is 1. The van der Waals surface area contributed by atoms with Crippen LogP contribution in [0.1, 0.15) is 53.9 Å². The van der Waals surface area contributed by atoms with E-state index in [2.05, 4.69) is 96.2 Å². The van der Waals surface area contributed by atoms with Crippen molar-refractivity contribution in [1.29, 1.82) is 0 Å². The van der Waals surface area contributed by atoms with Crippen molar-refractivity contribution in [2.75, 3.05) is 0 Å². The van der Waals surface area contributed by atoms with Crippen LogP contribution in [-0.2, 0) is 5.54 Å².